The predicted octanol–water partition coefficient (Wildman–Crippen LogP) is 1.36. The van der Waals surface area contributed by atoms with E-state index in [0.29, 0.717) is 13.2 Å². The molecule has 0 unspecified atom stereocenters. The van der Waals surface area contributed by atoms with Crippen molar-refractivity contribution >= 4 is 17.1 Å². The molecule has 3 heterocycles. The number of cyclic esters (lactones) is 1. The Hall–Kier alpha value is -2.17. The van der Waals surface area contributed by atoms with E-state index in [1.54, 1.807) is 12.4 Å². The largest absolute Gasteiger partial charge is 0.448 e. The number of nitrogens with one attached hydrogen (secondary N) is 1. The zero-order valence-electron chi connectivity index (χ0n) is 8.59. The summed E-state index contributed by atoms with van der Waals surface area (Å²) in [4.78, 5) is 18.0. The molecule has 1 amide bonds. The molecule has 1 N–H and O–H groups in total. The summed E-state index contributed by atoms with van der Waals surface area (Å²) in [6.07, 6.45) is 3.19. The third-order valence-corrected chi connectivity index (χ3v) is 1.98. The fraction of sp³-hybridized carbons (Fsp3) is 0.182. The van der Waals surface area contributed by atoms with Crippen LogP contribution in [0.15, 0.2) is 36.7 Å². The second kappa shape index (κ2) is 5.06. The monoisotopic (exact) mass is 217 g/mol. The number of ether oxygens (including phenoxy) is 1. The maximum absolute atomic E-state index is 9.91. The molecular formula is C11H11N3O2. The quantitative estimate of drug-likeness (QED) is 0.723. The Morgan fingerprint density at radius 1 is 1.19 bits per heavy atom. The summed E-state index contributed by atoms with van der Waals surface area (Å²) in [6, 6.07) is 7.80. The van der Waals surface area contributed by atoms with Crippen molar-refractivity contribution in [2.75, 3.05) is 13.2 Å². The van der Waals surface area contributed by atoms with Crippen molar-refractivity contribution in [3.63, 3.8) is 0 Å². The minimum absolute atomic E-state index is 0.296. The molecule has 1 aliphatic rings. The molecule has 1 fully saturated rings. The summed E-state index contributed by atoms with van der Waals surface area (Å²) in [6.45, 7) is 1.19. The van der Waals surface area contributed by atoms with E-state index >= 15 is 0 Å². The van der Waals surface area contributed by atoms with Crippen molar-refractivity contribution in [3.05, 3.63) is 36.7 Å². The van der Waals surface area contributed by atoms with Gasteiger partial charge in [0.05, 0.1) is 6.54 Å². The number of hydrogen-bond acceptors (Lipinski definition) is 4. The standard InChI is InChI=1S/C8H6N2.C3H5NO2/c1-3-7-4-2-6-10-8(7)9-5-1;5-3-4-1-2-6-3/h1-6H;1-2H2,(H,4,5). The predicted molar refractivity (Wildman–Crippen MR) is 58.9 cm³/mol. The van der Waals surface area contributed by atoms with E-state index in [0.717, 1.165) is 11.0 Å². The minimum atomic E-state index is -0.296. The van der Waals surface area contributed by atoms with Crippen LogP contribution in [0.5, 0.6) is 0 Å². The van der Waals surface area contributed by atoms with Crippen LogP contribution in [-0.4, -0.2) is 29.2 Å². The molecule has 5 nitrogen and oxygen atoms in total. The van der Waals surface area contributed by atoms with Crippen LogP contribution < -0.4 is 5.32 Å². The van der Waals surface area contributed by atoms with Crippen LogP contribution in [0.1, 0.15) is 0 Å². The first-order valence-corrected chi connectivity index (χ1v) is 4.92. The van der Waals surface area contributed by atoms with Crippen LogP contribution in [0.2, 0.25) is 0 Å². The lowest BCUT2D eigenvalue weighted by Crippen LogP contribution is -2.11. The highest BCUT2D eigenvalue weighted by Gasteiger charge is 2.06. The van der Waals surface area contributed by atoms with Crippen LogP contribution in [-0.2, 0) is 4.74 Å². The molecular weight excluding hydrogens is 206 g/mol. The average molecular weight is 217 g/mol. The Labute approximate surface area is 92.5 Å². The highest BCUT2D eigenvalue weighted by molar-refractivity contribution is 5.73. The van der Waals surface area contributed by atoms with Gasteiger partial charge in [0.1, 0.15) is 6.61 Å². The Morgan fingerprint density at radius 2 is 1.88 bits per heavy atom. The summed E-state index contributed by atoms with van der Waals surface area (Å²) in [5.41, 5.74) is 0.810. The van der Waals surface area contributed by atoms with E-state index in [4.69, 9.17) is 0 Å². The number of nitrogens with zero attached hydrogens (tertiary/aromatic N) is 2. The highest BCUT2D eigenvalue weighted by atomic mass is 16.6. The van der Waals surface area contributed by atoms with Crippen LogP contribution >= 0.6 is 0 Å². The van der Waals surface area contributed by atoms with Gasteiger partial charge in [-0.25, -0.2) is 14.8 Å². The first-order valence-electron chi connectivity index (χ1n) is 4.92. The normalized spacial score (nSPS) is 13.6. The lowest BCUT2D eigenvalue weighted by Gasteiger charge is -1.90. The van der Waals surface area contributed by atoms with E-state index in [9.17, 15) is 4.79 Å². The molecule has 1 saturated heterocycles. The van der Waals surface area contributed by atoms with Gasteiger partial charge in [-0.05, 0) is 24.3 Å². The van der Waals surface area contributed by atoms with E-state index in [1.807, 2.05) is 24.3 Å². The van der Waals surface area contributed by atoms with Gasteiger partial charge in [0.25, 0.3) is 0 Å². The van der Waals surface area contributed by atoms with Gasteiger partial charge in [0, 0.05) is 17.8 Å². The Kier molecular flexibility index (Phi) is 3.28. The number of carbonyl (C=O) groups excluding carboxylic acids is 1. The maximum atomic E-state index is 9.91. The molecule has 3 rings (SSSR count). The van der Waals surface area contributed by atoms with Crippen LogP contribution in [0.25, 0.3) is 11.0 Å². The molecule has 1 aliphatic heterocycles. The smallest absolute Gasteiger partial charge is 0.407 e. The van der Waals surface area contributed by atoms with Crippen LogP contribution in [0.3, 0.4) is 0 Å². The third kappa shape index (κ3) is 2.66. The number of hydrogen-bond donors (Lipinski definition) is 1. The average Bonchev–Trinajstić information content (AvgIpc) is 2.81. The third-order valence-electron chi connectivity index (χ3n) is 1.98. The van der Waals surface area contributed by atoms with Crippen molar-refractivity contribution in [2.45, 2.75) is 0 Å². The highest BCUT2D eigenvalue weighted by Crippen LogP contribution is 2.04. The van der Waals surface area contributed by atoms with Crippen molar-refractivity contribution in [3.8, 4) is 0 Å². The molecule has 0 radical (unpaired) electrons. The summed E-state index contributed by atoms with van der Waals surface area (Å²) in [5, 5.41) is 3.55. The molecule has 0 aromatic carbocycles. The number of carbonyl (C=O) groups is 1. The Bertz CT molecular complexity index is 414. The van der Waals surface area contributed by atoms with Crippen molar-refractivity contribution < 1.29 is 9.53 Å². The summed E-state index contributed by atoms with van der Waals surface area (Å²) in [7, 11) is 0. The molecule has 0 bridgehead atoms. The first-order chi connectivity index (χ1) is 7.86. The van der Waals surface area contributed by atoms with Crippen molar-refractivity contribution in [1.29, 1.82) is 0 Å². The van der Waals surface area contributed by atoms with E-state index < -0.39 is 0 Å². The number of pyridine rings is 2. The Morgan fingerprint density at radius 3 is 2.25 bits per heavy atom. The Balaban J connectivity index is 0.000000138. The van der Waals surface area contributed by atoms with Gasteiger partial charge in [-0.2, -0.15) is 0 Å². The fourth-order valence-corrected chi connectivity index (χ4v) is 1.26. The lowest BCUT2D eigenvalue weighted by atomic mass is 10.3. The van der Waals surface area contributed by atoms with Crippen LogP contribution in [0, 0.1) is 0 Å². The van der Waals surface area contributed by atoms with E-state index in [1.165, 1.54) is 0 Å². The summed E-state index contributed by atoms with van der Waals surface area (Å²) in [5.74, 6) is 0. The number of aromatic nitrogens is 2. The van der Waals surface area contributed by atoms with Gasteiger partial charge in [0.2, 0.25) is 0 Å². The van der Waals surface area contributed by atoms with Gasteiger partial charge < -0.3 is 10.1 Å². The molecule has 2 aromatic rings. The second-order valence-electron chi connectivity index (χ2n) is 3.12. The molecule has 0 spiro atoms. The molecule has 0 aliphatic carbocycles. The van der Waals surface area contributed by atoms with Crippen LogP contribution in [0.4, 0.5) is 4.79 Å². The molecule has 2 aromatic heterocycles. The topological polar surface area (TPSA) is 64.1 Å². The van der Waals surface area contributed by atoms with Gasteiger partial charge in [-0.15, -0.1) is 0 Å². The summed E-state index contributed by atoms with van der Waals surface area (Å²) < 4.78 is 4.40. The van der Waals surface area contributed by atoms with E-state index in [2.05, 4.69) is 20.0 Å². The number of rotatable bonds is 0. The lowest BCUT2D eigenvalue weighted by molar-refractivity contribution is 0.178. The SMILES string of the molecule is O=C1NCCO1.c1cnc2ncccc2c1. The first kappa shape index (κ1) is 10.4. The van der Waals surface area contributed by atoms with Crippen molar-refractivity contribution in [2.24, 2.45) is 0 Å². The molecule has 0 atom stereocenters. The van der Waals surface area contributed by atoms with Crippen molar-refractivity contribution in [1.82, 2.24) is 15.3 Å². The number of alkyl carbamates (subject to hydrolysis) is 1. The number of fused-ring (bicyclic) bond motifs is 1. The zero-order chi connectivity index (χ0) is 11.2. The minimum Gasteiger partial charge on any atom is -0.448 e. The number of amides is 1. The molecule has 16 heavy (non-hydrogen) atoms. The maximum Gasteiger partial charge on any atom is 0.407 e. The summed E-state index contributed by atoms with van der Waals surface area (Å²) >= 11 is 0. The molecule has 0 saturated carbocycles. The van der Waals surface area contributed by atoms with Gasteiger partial charge in [-0.3, -0.25) is 0 Å². The molecule has 5 heteroatoms. The fourth-order valence-electron chi connectivity index (χ4n) is 1.26. The van der Waals surface area contributed by atoms with Gasteiger partial charge >= 0.3 is 6.09 Å². The van der Waals surface area contributed by atoms with Gasteiger partial charge in [-0.1, -0.05) is 0 Å². The van der Waals surface area contributed by atoms with Gasteiger partial charge in [0.15, 0.2) is 5.65 Å². The molecule has 82 valence electrons. The van der Waals surface area contributed by atoms with E-state index in [-0.39, 0.29) is 6.09 Å². The zero-order valence-corrected chi connectivity index (χ0v) is 8.59. The second-order valence-corrected chi connectivity index (χ2v) is 3.12.